The van der Waals surface area contributed by atoms with Gasteiger partial charge in [0.1, 0.15) is 0 Å². The molecule has 1 rings (SSSR count). The van der Waals surface area contributed by atoms with Crippen molar-refractivity contribution in [1.82, 2.24) is 15.0 Å². The molecule has 0 aliphatic rings. The second-order valence-electron chi connectivity index (χ2n) is 3.52. The molecule has 0 fully saturated rings. The second kappa shape index (κ2) is 3.23. The second-order valence-corrected chi connectivity index (χ2v) is 3.52. The molecule has 12 heavy (non-hydrogen) atoms. The van der Waals surface area contributed by atoms with Gasteiger partial charge in [0.15, 0.2) is 0 Å². The fourth-order valence-corrected chi connectivity index (χ4v) is 0.850. The summed E-state index contributed by atoms with van der Waals surface area (Å²) >= 11 is 0. The first-order valence-electron chi connectivity index (χ1n) is 4.22. The summed E-state index contributed by atoms with van der Waals surface area (Å²) in [5, 5.41) is 8.02. The molecule has 0 saturated heterocycles. The van der Waals surface area contributed by atoms with Crippen LogP contribution in [-0.2, 0) is 12.0 Å². The van der Waals surface area contributed by atoms with Crippen molar-refractivity contribution in [2.75, 3.05) is 6.54 Å². The average molecular weight is 168 g/mol. The molecule has 1 aromatic rings. The molecule has 0 radical (unpaired) electrons. The maximum atomic E-state index is 5.60. The van der Waals surface area contributed by atoms with E-state index in [1.807, 2.05) is 24.7 Å². The van der Waals surface area contributed by atoms with E-state index < -0.39 is 0 Å². The first-order valence-corrected chi connectivity index (χ1v) is 4.22. The van der Waals surface area contributed by atoms with Gasteiger partial charge in [0.2, 0.25) is 0 Å². The summed E-state index contributed by atoms with van der Waals surface area (Å²) in [5.74, 6) is 0. The normalized spacial score (nSPS) is 12.0. The summed E-state index contributed by atoms with van der Waals surface area (Å²) in [6, 6.07) is 0. The van der Waals surface area contributed by atoms with Crippen LogP contribution in [0, 0.1) is 0 Å². The Morgan fingerprint density at radius 1 is 1.58 bits per heavy atom. The van der Waals surface area contributed by atoms with Crippen molar-refractivity contribution in [3.8, 4) is 0 Å². The van der Waals surface area contributed by atoms with Crippen LogP contribution in [0.3, 0.4) is 0 Å². The summed E-state index contributed by atoms with van der Waals surface area (Å²) in [7, 11) is 0. The Balaban J connectivity index is 2.88. The first kappa shape index (κ1) is 9.19. The molecule has 0 saturated carbocycles. The van der Waals surface area contributed by atoms with Gasteiger partial charge in [0, 0.05) is 12.7 Å². The lowest BCUT2D eigenvalue weighted by molar-refractivity contribution is 0.322. The van der Waals surface area contributed by atoms with E-state index in [2.05, 4.69) is 17.2 Å². The summed E-state index contributed by atoms with van der Waals surface area (Å²) < 4.78 is 1.83. The number of hydrogen-bond donors (Lipinski definition) is 1. The van der Waals surface area contributed by atoms with Crippen LogP contribution in [0.5, 0.6) is 0 Å². The zero-order valence-corrected chi connectivity index (χ0v) is 7.91. The topological polar surface area (TPSA) is 56.7 Å². The Kier molecular flexibility index (Phi) is 2.47. The summed E-state index contributed by atoms with van der Waals surface area (Å²) in [6.07, 6.45) is 2.87. The highest BCUT2D eigenvalue weighted by molar-refractivity contribution is 4.94. The summed E-state index contributed by atoms with van der Waals surface area (Å²) in [4.78, 5) is 0. The zero-order chi connectivity index (χ0) is 9.19. The molecule has 2 N–H and O–H groups in total. The maximum absolute atomic E-state index is 5.60. The van der Waals surface area contributed by atoms with E-state index in [-0.39, 0.29) is 5.54 Å². The average Bonchev–Trinajstić information content (AvgIpc) is 2.52. The molecule has 1 aromatic heterocycles. The molecule has 1 heterocycles. The van der Waals surface area contributed by atoms with E-state index in [1.54, 1.807) is 0 Å². The number of hydrogen-bond acceptors (Lipinski definition) is 3. The van der Waals surface area contributed by atoms with Crippen molar-refractivity contribution >= 4 is 0 Å². The van der Waals surface area contributed by atoms with Crippen molar-refractivity contribution < 1.29 is 0 Å². The Hall–Kier alpha value is -0.900. The fraction of sp³-hybridized carbons (Fsp3) is 0.750. The standard InChI is InChI=1S/C8H16N4/c1-4-7-5-12(11-10-7)8(2,3)6-9/h5H,4,6,9H2,1-3H3. The van der Waals surface area contributed by atoms with Crippen molar-refractivity contribution in [1.29, 1.82) is 0 Å². The molecule has 68 valence electrons. The van der Waals surface area contributed by atoms with Gasteiger partial charge in [0.05, 0.1) is 11.2 Å². The van der Waals surface area contributed by atoms with Gasteiger partial charge in [-0.15, -0.1) is 5.10 Å². The van der Waals surface area contributed by atoms with Crippen molar-refractivity contribution in [2.45, 2.75) is 32.7 Å². The minimum absolute atomic E-state index is 0.125. The quantitative estimate of drug-likeness (QED) is 0.716. The zero-order valence-electron chi connectivity index (χ0n) is 7.91. The van der Waals surface area contributed by atoms with E-state index in [1.165, 1.54) is 0 Å². The molecule has 0 amide bonds. The fourth-order valence-electron chi connectivity index (χ4n) is 0.850. The van der Waals surface area contributed by atoms with Gasteiger partial charge >= 0.3 is 0 Å². The van der Waals surface area contributed by atoms with E-state index in [4.69, 9.17) is 5.73 Å². The van der Waals surface area contributed by atoms with Crippen LogP contribution in [0.25, 0.3) is 0 Å². The van der Waals surface area contributed by atoms with Gasteiger partial charge in [-0.25, -0.2) is 4.68 Å². The van der Waals surface area contributed by atoms with Gasteiger partial charge in [0.25, 0.3) is 0 Å². The lowest BCUT2D eigenvalue weighted by Gasteiger charge is -2.21. The SMILES string of the molecule is CCc1cn(C(C)(C)CN)nn1. The van der Waals surface area contributed by atoms with E-state index >= 15 is 0 Å². The van der Waals surface area contributed by atoms with Crippen LogP contribution >= 0.6 is 0 Å². The molecule has 0 aliphatic heterocycles. The van der Waals surface area contributed by atoms with Crippen LogP contribution in [0.15, 0.2) is 6.20 Å². The molecule has 4 heteroatoms. The van der Waals surface area contributed by atoms with E-state index in [0.29, 0.717) is 6.54 Å². The largest absolute Gasteiger partial charge is 0.328 e. The number of rotatable bonds is 3. The summed E-state index contributed by atoms with van der Waals surface area (Å²) in [6.45, 7) is 6.71. The minimum Gasteiger partial charge on any atom is -0.328 e. The monoisotopic (exact) mass is 168 g/mol. The number of aromatic nitrogens is 3. The number of nitrogens with two attached hydrogens (primary N) is 1. The third-order valence-electron chi connectivity index (χ3n) is 2.02. The molecule has 0 aliphatic carbocycles. The van der Waals surface area contributed by atoms with Crippen LogP contribution in [0.1, 0.15) is 26.5 Å². The van der Waals surface area contributed by atoms with Crippen LogP contribution in [-0.4, -0.2) is 21.5 Å². The van der Waals surface area contributed by atoms with Gasteiger partial charge in [-0.3, -0.25) is 0 Å². The molecule has 0 aromatic carbocycles. The van der Waals surface area contributed by atoms with Crippen LogP contribution in [0.4, 0.5) is 0 Å². The number of nitrogens with zero attached hydrogens (tertiary/aromatic N) is 3. The van der Waals surface area contributed by atoms with Gasteiger partial charge in [-0.1, -0.05) is 12.1 Å². The molecule has 0 atom stereocenters. The minimum atomic E-state index is -0.125. The highest BCUT2D eigenvalue weighted by atomic mass is 15.4. The maximum Gasteiger partial charge on any atom is 0.0824 e. The Morgan fingerprint density at radius 3 is 2.67 bits per heavy atom. The lowest BCUT2D eigenvalue weighted by Crippen LogP contribution is -2.35. The van der Waals surface area contributed by atoms with Crippen LogP contribution in [0.2, 0.25) is 0 Å². The Morgan fingerprint density at radius 2 is 2.25 bits per heavy atom. The number of aryl methyl sites for hydroxylation is 1. The van der Waals surface area contributed by atoms with E-state index in [0.717, 1.165) is 12.1 Å². The Labute approximate surface area is 72.8 Å². The molecule has 4 nitrogen and oxygen atoms in total. The van der Waals surface area contributed by atoms with Gasteiger partial charge in [-0.2, -0.15) is 0 Å². The molecule has 0 unspecified atom stereocenters. The van der Waals surface area contributed by atoms with Crippen molar-refractivity contribution in [2.24, 2.45) is 5.73 Å². The highest BCUT2D eigenvalue weighted by Gasteiger charge is 2.19. The van der Waals surface area contributed by atoms with Gasteiger partial charge < -0.3 is 5.73 Å². The summed E-state index contributed by atoms with van der Waals surface area (Å²) in [5.41, 5.74) is 6.49. The van der Waals surface area contributed by atoms with Gasteiger partial charge in [-0.05, 0) is 20.3 Å². The van der Waals surface area contributed by atoms with E-state index in [9.17, 15) is 0 Å². The molecular weight excluding hydrogens is 152 g/mol. The highest BCUT2D eigenvalue weighted by Crippen LogP contribution is 2.11. The molecular formula is C8H16N4. The van der Waals surface area contributed by atoms with Crippen molar-refractivity contribution in [3.63, 3.8) is 0 Å². The molecule has 0 bridgehead atoms. The first-order chi connectivity index (χ1) is 5.60. The predicted octanol–water partition coefficient (Wildman–Crippen LogP) is 0.534. The third kappa shape index (κ3) is 1.64. The predicted molar refractivity (Wildman–Crippen MR) is 47.8 cm³/mol. The molecule has 0 spiro atoms. The Bertz CT molecular complexity index is 251. The lowest BCUT2D eigenvalue weighted by atomic mass is 10.1. The smallest absolute Gasteiger partial charge is 0.0824 e. The third-order valence-corrected chi connectivity index (χ3v) is 2.02. The van der Waals surface area contributed by atoms with Crippen molar-refractivity contribution in [3.05, 3.63) is 11.9 Å². The van der Waals surface area contributed by atoms with Crippen LogP contribution < -0.4 is 5.73 Å².